The first-order valence-corrected chi connectivity index (χ1v) is 12.5. The van der Waals surface area contributed by atoms with Gasteiger partial charge in [0.25, 0.3) is 5.91 Å². The van der Waals surface area contributed by atoms with E-state index in [2.05, 4.69) is 15.2 Å². The fraction of sp³-hybridized carbons (Fsp3) is 0.0741. The lowest BCUT2D eigenvalue weighted by Gasteiger charge is -2.07. The summed E-state index contributed by atoms with van der Waals surface area (Å²) in [4.78, 5) is 24.7. The topological polar surface area (TPSA) is 114 Å². The van der Waals surface area contributed by atoms with Crippen LogP contribution in [0.2, 0.25) is 0 Å². The molecule has 0 aromatic heterocycles. The molecule has 0 aliphatic rings. The Morgan fingerprint density at radius 1 is 0.889 bits per heavy atom. The lowest BCUT2D eigenvalue weighted by atomic mass is 10.0. The molecule has 0 atom stereocenters. The first-order valence-electron chi connectivity index (χ1n) is 11.0. The molecule has 4 rings (SSSR count). The van der Waals surface area contributed by atoms with Crippen LogP contribution in [0.15, 0.2) is 101 Å². The third kappa shape index (κ3) is 6.21. The minimum atomic E-state index is -3.80. The minimum absolute atomic E-state index is 0.0747. The molecule has 0 heterocycles. The lowest BCUT2D eigenvalue weighted by molar-refractivity contribution is -0.119. The van der Waals surface area contributed by atoms with E-state index < -0.39 is 28.4 Å². The van der Waals surface area contributed by atoms with E-state index >= 15 is 0 Å². The number of sulfonamides is 1. The van der Waals surface area contributed by atoms with E-state index in [1.807, 2.05) is 37.3 Å². The molecule has 0 radical (unpaired) electrons. The maximum absolute atomic E-state index is 12.7. The number of carbonyl (C=O) groups excluding carboxylic acids is 2. The first kappa shape index (κ1) is 24.8. The molecule has 1 amide bonds. The molecule has 0 saturated heterocycles. The molecule has 4 aromatic rings. The third-order valence-corrected chi connectivity index (χ3v) is 6.67. The highest BCUT2D eigenvalue weighted by molar-refractivity contribution is 7.89. The van der Waals surface area contributed by atoms with Gasteiger partial charge in [0.1, 0.15) is 5.75 Å². The Morgan fingerprint density at radius 3 is 2.33 bits per heavy atom. The molecule has 0 saturated carbocycles. The van der Waals surface area contributed by atoms with Gasteiger partial charge in [-0.15, -0.1) is 0 Å². The van der Waals surface area contributed by atoms with Crippen molar-refractivity contribution in [1.82, 2.24) is 10.1 Å². The summed E-state index contributed by atoms with van der Waals surface area (Å²) < 4.78 is 32.2. The van der Waals surface area contributed by atoms with Gasteiger partial charge in [-0.25, -0.2) is 23.4 Å². The van der Waals surface area contributed by atoms with Gasteiger partial charge in [-0.3, -0.25) is 4.79 Å². The standard InChI is InChI=1S/C27H23N3O5S/c1-19-9-15-23(16-10-19)36(33,34)29-18-26(31)30-28-17-20-11-13-22(14-12-20)35-27(32)25-8-4-6-21-5-2-3-7-24(21)25/h2-17,29H,18H2,1H3,(H,30,31)/b28-17-. The largest absolute Gasteiger partial charge is 0.423 e. The molecule has 0 aliphatic carbocycles. The van der Waals surface area contributed by atoms with Crippen LogP contribution in [0.3, 0.4) is 0 Å². The Labute approximate surface area is 208 Å². The number of hydrazone groups is 1. The Kier molecular flexibility index (Phi) is 7.53. The van der Waals surface area contributed by atoms with E-state index in [1.165, 1.54) is 18.3 Å². The number of benzene rings is 4. The van der Waals surface area contributed by atoms with E-state index in [1.54, 1.807) is 48.5 Å². The van der Waals surface area contributed by atoms with Crippen LogP contribution in [-0.2, 0) is 14.8 Å². The van der Waals surface area contributed by atoms with Crippen LogP contribution in [-0.4, -0.2) is 33.1 Å². The number of esters is 1. The Balaban J connectivity index is 1.29. The maximum atomic E-state index is 12.7. The summed E-state index contributed by atoms with van der Waals surface area (Å²) in [6.07, 6.45) is 1.39. The van der Waals surface area contributed by atoms with Crippen molar-refractivity contribution in [2.24, 2.45) is 5.10 Å². The highest BCUT2D eigenvalue weighted by Gasteiger charge is 2.15. The summed E-state index contributed by atoms with van der Waals surface area (Å²) in [5, 5.41) is 5.59. The molecule has 9 heteroatoms. The quantitative estimate of drug-likeness (QED) is 0.165. The zero-order valence-corrected chi connectivity index (χ0v) is 20.2. The van der Waals surface area contributed by atoms with Crippen LogP contribution in [0.25, 0.3) is 10.8 Å². The molecule has 0 fully saturated rings. The summed E-state index contributed by atoms with van der Waals surface area (Å²) in [5.74, 6) is -0.726. The second-order valence-corrected chi connectivity index (χ2v) is 9.68. The monoisotopic (exact) mass is 501 g/mol. The molecule has 0 bridgehead atoms. The maximum Gasteiger partial charge on any atom is 0.344 e. The molecular formula is C27H23N3O5S. The highest BCUT2D eigenvalue weighted by atomic mass is 32.2. The summed E-state index contributed by atoms with van der Waals surface area (Å²) in [7, 11) is -3.80. The van der Waals surface area contributed by atoms with Crippen LogP contribution in [0.4, 0.5) is 0 Å². The van der Waals surface area contributed by atoms with Gasteiger partial charge in [0.05, 0.1) is 23.2 Å². The third-order valence-electron chi connectivity index (χ3n) is 5.26. The van der Waals surface area contributed by atoms with E-state index in [0.717, 1.165) is 16.3 Å². The first-order chi connectivity index (χ1) is 17.3. The minimum Gasteiger partial charge on any atom is -0.423 e. The number of aryl methyl sites for hydroxylation is 1. The van der Waals surface area contributed by atoms with Crippen LogP contribution in [0, 0.1) is 6.92 Å². The lowest BCUT2D eigenvalue weighted by Crippen LogP contribution is -2.34. The number of nitrogens with one attached hydrogen (secondary N) is 2. The van der Waals surface area contributed by atoms with Gasteiger partial charge in [0.15, 0.2) is 0 Å². The van der Waals surface area contributed by atoms with E-state index in [0.29, 0.717) is 16.9 Å². The second-order valence-electron chi connectivity index (χ2n) is 7.92. The zero-order valence-electron chi connectivity index (χ0n) is 19.3. The van der Waals surface area contributed by atoms with Crippen molar-refractivity contribution in [3.63, 3.8) is 0 Å². The van der Waals surface area contributed by atoms with E-state index in [4.69, 9.17) is 4.74 Å². The fourth-order valence-electron chi connectivity index (χ4n) is 3.37. The molecule has 0 spiro atoms. The fourth-order valence-corrected chi connectivity index (χ4v) is 4.35. The van der Waals surface area contributed by atoms with Crippen LogP contribution in [0.1, 0.15) is 21.5 Å². The zero-order chi connectivity index (χ0) is 25.5. The predicted molar refractivity (Wildman–Crippen MR) is 137 cm³/mol. The Bertz CT molecular complexity index is 1520. The van der Waals surface area contributed by atoms with Crippen molar-refractivity contribution < 1.29 is 22.7 Å². The number of ether oxygens (including phenoxy) is 1. The van der Waals surface area contributed by atoms with Crippen molar-refractivity contribution in [2.45, 2.75) is 11.8 Å². The molecule has 36 heavy (non-hydrogen) atoms. The Morgan fingerprint density at radius 2 is 1.58 bits per heavy atom. The molecule has 182 valence electrons. The van der Waals surface area contributed by atoms with Crippen molar-refractivity contribution >= 4 is 38.9 Å². The number of amides is 1. The number of rotatable bonds is 8. The van der Waals surface area contributed by atoms with E-state index in [-0.39, 0.29) is 4.90 Å². The summed E-state index contributed by atoms with van der Waals surface area (Å²) >= 11 is 0. The average Bonchev–Trinajstić information content (AvgIpc) is 2.88. The SMILES string of the molecule is Cc1ccc(S(=O)(=O)NCC(=O)N/N=C\c2ccc(OC(=O)c3cccc4ccccc34)cc2)cc1. The summed E-state index contributed by atoms with van der Waals surface area (Å²) in [6, 6.07) is 25.9. The van der Waals surface area contributed by atoms with Gasteiger partial charge in [-0.1, -0.05) is 54.1 Å². The Hall–Kier alpha value is -4.34. The van der Waals surface area contributed by atoms with Crippen LogP contribution >= 0.6 is 0 Å². The number of nitrogens with zero attached hydrogens (tertiary/aromatic N) is 1. The van der Waals surface area contributed by atoms with Gasteiger partial charge >= 0.3 is 5.97 Å². The highest BCUT2D eigenvalue weighted by Crippen LogP contribution is 2.21. The van der Waals surface area contributed by atoms with E-state index in [9.17, 15) is 18.0 Å². The molecule has 4 aromatic carbocycles. The van der Waals surface area contributed by atoms with Gasteiger partial charge in [-0.2, -0.15) is 5.10 Å². The van der Waals surface area contributed by atoms with Crippen LogP contribution < -0.4 is 14.9 Å². The molecule has 8 nitrogen and oxygen atoms in total. The molecular weight excluding hydrogens is 478 g/mol. The average molecular weight is 502 g/mol. The number of carbonyl (C=O) groups is 2. The normalized spacial score (nSPS) is 11.5. The summed E-state index contributed by atoms with van der Waals surface area (Å²) in [6.45, 7) is 1.39. The van der Waals surface area contributed by atoms with Crippen molar-refractivity contribution in [2.75, 3.05) is 6.54 Å². The van der Waals surface area contributed by atoms with Crippen molar-refractivity contribution in [3.05, 3.63) is 108 Å². The van der Waals surface area contributed by atoms with Gasteiger partial charge < -0.3 is 4.74 Å². The van der Waals surface area contributed by atoms with Crippen molar-refractivity contribution in [1.29, 1.82) is 0 Å². The smallest absolute Gasteiger partial charge is 0.344 e. The second kappa shape index (κ2) is 10.9. The predicted octanol–water partition coefficient (Wildman–Crippen LogP) is 3.80. The van der Waals surface area contributed by atoms with Gasteiger partial charge in [0, 0.05) is 0 Å². The summed E-state index contributed by atoms with van der Waals surface area (Å²) in [5.41, 5.74) is 4.31. The molecule has 0 unspecified atom stereocenters. The number of fused-ring (bicyclic) bond motifs is 1. The number of hydrogen-bond acceptors (Lipinski definition) is 6. The van der Waals surface area contributed by atoms with Crippen LogP contribution in [0.5, 0.6) is 5.75 Å². The molecule has 2 N–H and O–H groups in total. The van der Waals surface area contributed by atoms with Crippen molar-refractivity contribution in [3.8, 4) is 5.75 Å². The van der Waals surface area contributed by atoms with Gasteiger partial charge in [-0.05, 0) is 65.7 Å². The number of hydrogen-bond donors (Lipinski definition) is 2. The van der Waals surface area contributed by atoms with Gasteiger partial charge in [0.2, 0.25) is 10.0 Å². The molecule has 0 aliphatic heterocycles.